The van der Waals surface area contributed by atoms with Crippen molar-refractivity contribution in [2.24, 2.45) is 5.92 Å². The molecule has 18 heavy (non-hydrogen) atoms. The molecule has 1 atom stereocenters. The highest BCUT2D eigenvalue weighted by atomic mass is 16.2. The highest BCUT2D eigenvalue weighted by Crippen LogP contribution is 2.29. The van der Waals surface area contributed by atoms with E-state index in [1.165, 1.54) is 25.7 Å². The van der Waals surface area contributed by atoms with Crippen LogP contribution < -0.4 is 10.6 Å². The van der Waals surface area contributed by atoms with E-state index in [-0.39, 0.29) is 5.91 Å². The van der Waals surface area contributed by atoms with Crippen molar-refractivity contribution < 1.29 is 4.79 Å². The van der Waals surface area contributed by atoms with Crippen molar-refractivity contribution in [2.45, 2.75) is 45.1 Å². The SMILES string of the molecule is CCCNC(=O)CN(CC1CC1)CC1CCCN1. The summed E-state index contributed by atoms with van der Waals surface area (Å²) in [7, 11) is 0. The Morgan fingerprint density at radius 1 is 1.33 bits per heavy atom. The Labute approximate surface area is 110 Å². The Hall–Kier alpha value is -0.610. The van der Waals surface area contributed by atoms with E-state index in [4.69, 9.17) is 0 Å². The molecular formula is C14H27N3O. The first-order valence-corrected chi connectivity index (χ1v) is 7.50. The van der Waals surface area contributed by atoms with E-state index in [1.54, 1.807) is 0 Å². The monoisotopic (exact) mass is 253 g/mol. The molecule has 0 aromatic heterocycles. The van der Waals surface area contributed by atoms with Crippen molar-refractivity contribution >= 4 is 5.91 Å². The van der Waals surface area contributed by atoms with E-state index in [0.717, 1.165) is 38.5 Å². The van der Waals surface area contributed by atoms with Gasteiger partial charge in [-0.25, -0.2) is 0 Å². The van der Waals surface area contributed by atoms with E-state index in [2.05, 4.69) is 22.5 Å². The summed E-state index contributed by atoms with van der Waals surface area (Å²) in [5.74, 6) is 1.04. The highest BCUT2D eigenvalue weighted by molar-refractivity contribution is 5.77. The molecule has 2 rings (SSSR count). The van der Waals surface area contributed by atoms with Crippen LogP contribution in [0.15, 0.2) is 0 Å². The molecule has 1 heterocycles. The Bertz CT molecular complexity index is 260. The standard InChI is InChI=1S/C14H27N3O/c1-2-7-16-14(18)11-17(9-12-5-6-12)10-13-4-3-8-15-13/h12-13,15H,2-11H2,1H3,(H,16,18). The number of amides is 1. The van der Waals surface area contributed by atoms with Crippen molar-refractivity contribution in [3.05, 3.63) is 0 Å². The first kappa shape index (κ1) is 13.8. The van der Waals surface area contributed by atoms with Crippen LogP contribution in [0.2, 0.25) is 0 Å². The Kier molecular flexibility index (Phi) is 5.45. The van der Waals surface area contributed by atoms with Crippen LogP contribution in [0.4, 0.5) is 0 Å². The molecule has 2 fully saturated rings. The third-order valence-electron chi connectivity index (χ3n) is 3.79. The molecule has 1 aliphatic heterocycles. The maximum Gasteiger partial charge on any atom is 0.234 e. The minimum Gasteiger partial charge on any atom is -0.355 e. The van der Waals surface area contributed by atoms with Gasteiger partial charge in [-0.2, -0.15) is 0 Å². The van der Waals surface area contributed by atoms with Crippen LogP contribution >= 0.6 is 0 Å². The van der Waals surface area contributed by atoms with Crippen LogP contribution in [0.25, 0.3) is 0 Å². The van der Waals surface area contributed by atoms with Crippen LogP contribution in [0.3, 0.4) is 0 Å². The van der Waals surface area contributed by atoms with Gasteiger partial charge >= 0.3 is 0 Å². The number of hydrogen-bond donors (Lipinski definition) is 2. The molecule has 0 bridgehead atoms. The largest absolute Gasteiger partial charge is 0.355 e. The Morgan fingerprint density at radius 2 is 2.17 bits per heavy atom. The number of hydrogen-bond acceptors (Lipinski definition) is 3. The molecule has 2 aliphatic rings. The molecule has 0 radical (unpaired) electrons. The number of carbonyl (C=O) groups excluding carboxylic acids is 1. The Morgan fingerprint density at radius 3 is 2.78 bits per heavy atom. The van der Waals surface area contributed by atoms with Crippen molar-refractivity contribution in [1.82, 2.24) is 15.5 Å². The van der Waals surface area contributed by atoms with Gasteiger partial charge in [0.1, 0.15) is 0 Å². The lowest BCUT2D eigenvalue weighted by Gasteiger charge is -2.25. The third-order valence-corrected chi connectivity index (χ3v) is 3.79. The molecule has 104 valence electrons. The maximum atomic E-state index is 11.8. The summed E-state index contributed by atoms with van der Waals surface area (Å²) >= 11 is 0. The van der Waals surface area contributed by atoms with E-state index in [0.29, 0.717) is 12.6 Å². The maximum absolute atomic E-state index is 11.8. The summed E-state index contributed by atoms with van der Waals surface area (Å²) < 4.78 is 0. The second kappa shape index (κ2) is 7.10. The molecule has 1 aliphatic carbocycles. The molecule has 0 aromatic carbocycles. The van der Waals surface area contributed by atoms with Crippen molar-refractivity contribution in [3.63, 3.8) is 0 Å². The van der Waals surface area contributed by atoms with Gasteiger partial charge in [0.25, 0.3) is 0 Å². The second-order valence-corrected chi connectivity index (χ2v) is 5.78. The van der Waals surface area contributed by atoms with Gasteiger partial charge in [0.15, 0.2) is 0 Å². The summed E-state index contributed by atoms with van der Waals surface area (Å²) in [5.41, 5.74) is 0. The fourth-order valence-corrected chi connectivity index (χ4v) is 2.62. The van der Waals surface area contributed by atoms with Crippen LogP contribution in [0.1, 0.15) is 39.0 Å². The lowest BCUT2D eigenvalue weighted by Crippen LogP contribution is -2.44. The predicted molar refractivity (Wildman–Crippen MR) is 73.5 cm³/mol. The molecule has 4 heteroatoms. The van der Waals surface area contributed by atoms with E-state index in [9.17, 15) is 4.79 Å². The number of carbonyl (C=O) groups is 1. The van der Waals surface area contributed by atoms with E-state index >= 15 is 0 Å². The zero-order valence-corrected chi connectivity index (χ0v) is 11.6. The average Bonchev–Trinajstić information content (AvgIpc) is 3.01. The molecule has 0 aromatic rings. The average molecular weight is 253 g/mol. The van der Waals surface area contributed by atoms with Crippen molar-refractivity contribution in [1.29, 1.82) is 0 Å². The molecule has 1 saturated carbocycles. The van der Waals surface area contributed by atoms with Gasteiger partial charge < -0.3 is 10.6 Å². The highest BCUT2D eigenvalue weighted by Gasteiger charge is 2.27. The summed E-state index contributed by atoms with van der Waals surface area (Å²) in [4.78, 5) is 14.2. The topological polar surface area (TPSA) is 44.4 Å². The number of nitrogens with one attached hydrogen (secondary N) is 2. The molecule has 1 unspecified atom stereocenters. The summed E-state index contributed by atoms with van der Waals surface area (Å²) in [6, 6.07) is 0.600. The molecule has 2 N–H and O–H groups in total. The van der Waals surface area contributed by atoms with Crippen molar-refractivity contribution in [3.8, 4) is 0 Å². The van der Waals surface area contributed by atoms with Gasteiger partial charge in [-0.15, -0.1) is 0 Å². The number of nitrogens with zero attached hydrogens (tertiary/aromatic N) is 1. The predicted octanol–water partition coefficient (Wildman–Crippen LogP) is 0.977. The minimum absolute atomic E-state index is 0.190. The first-order chi connectivity index (χ1) is 8.78. The lowest BCUT2D eigenvalue weighted by molar-refractivity contribution is -0.122. The quantitative estimate of drug-likeness (QED) is 0.678. The summed E-state index contributed by atoms with van der Waals surface area (Å²) in [5, 5.41) is 6.50. The van der Waals surface area contributed by atoms with Crippen LogP contribution in [0, 0.1) is 5.92 Å². The molecule has 1 saturated heterocycles. The molecule has 0 spiro atoms. The zero-order chi connectivity index (χ0) is 12.8. The lowest BCUT2D eigenvalue weighted by atomic mass is 10.2. The van der Waals surface area contributed by atoms with Crippen LogP contribution in [0.5, 0.6) is 0 Å². The number of rotatable bonds is 8. The van der Waals surface area contributed by atoms with Gasteiger partial charge in [-0.3, -0.25) is 9.69 Å². The molecule has 1 amide bonds. The molecule has 4 nitrogen and oxygen atoms in total. The normalized spacial score (nSPS) is 23.6. The van der Waals surface area contributed by atoms with Gasteiger partial charge in [0.2, 0.25) is 5.91 Å². The third kappa shape index (κ3) is 4.94. The zero-order valence-electron chi connectivity index (χ0n) is 11.6. The van der Waals surface area contributed by atoms with Gasteiger partial charge in [-0.05, 0) is 44.6 Å². The summed E-state index contributed by atoms with van der Waals surface area (Å²) in [6.45, 7) is 6.76. The van der Waals surface area contributed by atoms with Crippen LogP contribution in [-0.2, 0) is 4.79 Å². The minimum atomic E-state index is 0.190. The van der Waals surface area contributed by atoms with Gasteiger partial charge in [0.05, 0.1) is 6.54 Å². The first-order valence-electron chi connectivity index (χ1n) is 7.50. The van der Waals surface area contributed by atoms with Crippen LogP contribution in [-0.4, -0.2) is 49.6 Å². The summed E-state index contributed by atoms with van der Waals surface area (Å²) in [6.07, 6.45) is 6.26. The van der Waals surface area contributed by atoms with E-state index < -0.39 is 0 Å². The van der Waals surface area contributed by atoms with Crippen molar-refractivity contribution in [2.75, 3.05) is 32.7 Å². The van der Waals surface area contributed by atoms with E-state index in [1.807, 2.05) is 0 Å². The smallest absolute Gasteiger partial charge is 0.234 e. The van der Waals surface area contributed by atoms with Gasteiger partial charge in [0, 0.05) is 25.7 Å². The van der Waals surface area contributed by atoms with Gasteiger partial charge in [-0.1, -0.05) is 6.92 Å². The second-order valence-electron chi connectivity index (χ2n) is 5.78. The fraction of sp³-hybridized carbons (Fsp3) is 0.929. The molecular weight excluding hydrogens is 226 g/mol. The fourth-order valence-electron chi connectivity index (χ4n) is 2.62. The Balaban J connectivity index is 1.73.